The van der Waals surface area contributed by atoms with Gasteiger partial charge in [0.05, 0.1) is 16.3 Å². The molecule has 0 saturated carbocycles. The minimum absolute atomic E-state index is 0.360. The second-order valence-electron chi connectivity index (χ2n) is 3.99. The van der Waals surface area contributed by atoms with Crippen molar-refractivity contribution >= 4 is 17.3 Å². The highest BCUT2D eigenvalue weighted by molar-refractivity contribution is 6.33. The highest BCUT2D eigenvalue weighted by Gasteiger charge is 2.14. The normalized spacial score (nSPS) is 10.6. The van der Waals surface area contributed by atoms with E-state index in [1.165, 1.54) is 0 Å². The molecule has 0 fully saturated rings. The second-order valence-corrected chi connectivity index (χ2v) is 4.40. The number of nitrogens with zero attached hydrogens (tertiary/aromatic N) is 2. The van der Waals surface area contributed by atoms with Crippen molar-refractivity contribution in [3.8, 4) is 22.8 Å². The van der Waals surface area contributed by atoms with Crippen LogP contribution in [0.25, 0.3) is 22.8 Å². The van der Waals surface area contributed by atoms with Crippen LogP contribution in [0.2, 0.25) is 5.02 Å². The maximum Gasteiger partial charge on any atom is 0.260 e. The Morgan fingerprint density at radius 2 is 1.79 bits per heavy atom. The first-order valence-electron chi connectivity index (χ1n) is 5.69. The van der Waals surface area contributed by atoms with Gasteiger partial charge in [0.25, 0.3) is 5.89 Å². The van der Waals surface area contributed by atoms with Gasteiger partial charge in [-0.25, -0.2) is 0 Å². The SMILES string of the molecule is Nc1c(Cl)cccc1-c1nc(-c2ccccc2)no1. The van der Waals surface area contributed by atoms with E-state index in [0.29, 0.717) is 28.0 Å². The smallest absolute Gasteiger partial charge is 0.260 e. The molecule has 3 aromatic rings. The number of aromatic nitrogens is 2. The van der Waals surface area contributed by atoms with Crippen molar-refractivity contribution in [2.24, 2.45) is 0 Å². The molecule has 3 rings (SSSR count). The minimum atomic E-state index is 0.360. The molecule has 1 aromatic heterocycles. The molecule has 0 radical (unpaired) electrons. The van der Waals surface area contributed by atoms with Gasteiger partial charge in [0.2, 0.25) is 5.82 Å². The van der Waals surface area contributed by atoms with E-state index < -0.39 is 0 Å². The van der Waals surface area contributed by atoms with Crippen LogP contribution in [0.4, 0.5) is 5.69 Å². The van der Waals surface area contributed by atoms with E-state index in [2.05, 4.69) is 10.1 Å². The van der Waals surface area contributed by atoms with Crippen LogP contribution < -0.4 is 5.73 Å². The monoisotopic (exact) mass is 271 g/mol. The Labute approximate surface area is 114 Å². The first-order valence-corrected chi connectivity index (χ1v) is 6.07. The van der Waals surface area contributed by atoms with Gasteiger partial charge in [0.1, 0.15) is 0 Å². The third kappa shape index (κ3) is 2.18. The standard InChI is InChI=1S/C14H10ClN3O/c15-11-8-4-7-10(12(11)16)14-17-13(18-19-14)9-5-2-1-3-6-9/h1-8H,16H2. The number of anilines is 1. The third-order valence-corrected chi connectivity index (χ3v) is 3.07. The first kappa shape index (κ1) is 11.7. The third-order valence-electron chi connectivity index (χ3n) is 2.74. The summed E-state index contributed by atoms with van der Waals surface area (Å²) < 4.78 is 5.24. The summed E-state index contributed by atoms with van der Waals surface area (Å²) in [5.41, 5.74) is 7.87. The molecule has 0 atom stereocenters. The lowest BCUT2D eigenvalue weighted by molar-refractivity contribution is 0.432. The van der Waals surface area contributed by atoms with Crippen LogP contribution in [-0.4, -0.2) is 10.1 Å². The molecule has 0 bridgehead atoms. The molecule has 0 aliphatic rings. The van der Waals surface area contributed by atoms with Crippen molar-refractivity contribution in [3.63, 3.8) is 0 Å². The lowest BCUT2D eigenvalue weighted by Gasteiger charge is -2.01. The van der Waals surface area contributed by atoms with E-state index >= 15 is 0 Å². The van der Waals surface area contributed by atoms with Gasteiger partial charge < -0.3 is 10.3 Å². The van der Waals surface area contributed by atoms with Gasteiger partial charge in [0, 0.05) is 5.56 Å². The number of hydrogen-bond acceptors (Lipinski definition) is 4. The van der Waals surface area contributed by atoms with Gasteiger partial charge in [0.15, 0.2) is 0 Å². The topological polar surface area (TPSA) is 64.9 Å². The van der Waals surface area contributed by atoms with E-state index in [1.54, 1.807) is 18.2 Å². The fraction of sp³-hybridized carbons (Fsp3) is 0. The number of hydrogen-bond donors (Lipinski definition) is 1. The summed E-state index contributed by atoms with van der Waals surface area (Å²) in [4.78, 5) is 4.34. The quantitative estimate of drug-likeness (QED) is 0.723. The molecule has 19 heavy (non-hydrogen) atoms. The highest BCUT2D eigenvalue weighted by atomic mass is 35.5. The Kier molecular flexibility index (Phi) is 2.93. The zero-order valence-corrected chi connectivity index (χ0v) is 10.6. The maximum atomic E-state index is 5.97. The van der Waals surface area contributed by atoms with Crippen molar-refractivity contribution in [2.45, 2.75) is 0 Å². The summed E-state index contributed by atoms with van der Waals surface area (Å²) in [6.45, 7) is 0. The van der Waals surface area contributed by atoms with E-state index in [9.17, 15) is 0 Å². The van der Waals surface area contributed by atoms with E-state index in [1.807, 2.05) is 30.3 Å². The van der Waals surface area contributed by atoms with Crippen molar-refractivity contribution in [1.82, 2.24) is 10.1 Å². The van der Waals surface area contributed by atoms with Crippen molar-refractivity contribution in [2.75, 3.05) is 5.73 Å². The molecule has 0 saturated heterocycles. The van der Waals surface area contributed by atoms with Crippen LogP contribution in [0.1, 0.15) is 0 Å². The Morgan fingerprint density at radius 3 is 2.58 bits per heavy atom. The van der Waals surface area contributed by atoms with E-state index in [4.69, 9.17) is 21.9 Å². The number of rotatable bonds is 2. The van der Waals surface area contributed by atoms with Crippen LogP contribution in [0.5, 0.6) is 0 Å². The highest BCUT2D eigenvalue weighted by Crippen LogP contribution is 2.31. The summed E-state index contributed by atoms with van der Waals surface area (Å²) in [7, 11) is 0. The summed E-state index contributed by atoms with van der Waals surface area (Å²) >= 11 is 5.97. The molecule has 0 spiro atoms. The molecule has 1 heterocycles. The van der Waals surface area contributed by atoms with Crippen molar-refractivity contribution < 1.29 is 4.52 Å². The summed E-state index contributed by atoms with van der Waals surface area (Å²) in [5.74, 6) is 0.883. The molecule has 0 amide bonds. The average Bonchev–Trinajstić information content (AvgIpc) is 2.92. The van der Waals surface area contributed by atoms with Crippen LogP contribution in [0, 0.1) is 0 Å². The Bertz CT molecular complexity index is 710. The molecule has 0 aliphatic heterocycles. The average molecular weight is 272 g/mol. The van der Waals surface area contributed by atoms with Crippen LogP contribution >= 0.6 is 11.6 Å². The lowest BCUT2D eigenvalue weighted by atomic mass is 10.2. The molecule has 0 unspecified atom stereocenters. The number of para-hydroxylation sites is 1. The minimum Gasteiger partial charge on any atom is -0.397 e. The maximum absolute atomic E-state index is 5.97. The lowest BCUT2D eigenvalue weighted by Crippen LogP contribution is -1.91. The van der Waals surface area contributed by atoms with Gasteiger partial charge in [-0.2, -0.15) is 4.98 Å². The molecule has 4 nitrogen and oxygen atoms in total. The molecule has 2 N–H and O–H groups in total. The molecule has 0 aliphatic carbocycles. The van der Waals surface area contributed by atoms with Crippen LogP contribution in [0.3, 0.4) is 0 Å². The van der Waals surface area contributed by atoms with Crippen LogP contribution in [-0.2, 0) is 0 Å². The van der Waals surface area contributed by atoms with E-state index in [-0.39, 0.29) is 0 Å². The zero-order chi connectivity index (χ0) is 13.2. The molecular formula is C14H10ClN3O. The number of benzene rings is 2. The first-order chi connectivity index (χ1) is 9.25. The van der Waals surface area contributed by atoms with Gasteiger partial charge >= 0.3 is 0 Å². The summed E-state index contributed by atoms with van der Waals surface area (Å²) in [5, 5.41) is 4.42. The van der Waals surface area contributed by atoms with Gasteiger partial charge in [-0.05, 0) is 12.1 Å². The number of halogens is 1. The Hall–Kier alpha value is -2.33. The van der Waals surface area contributed by atoms with Gasteiger partial charge in [-0.3, -0.25) is 0 Å². The second kappa shape index (κ2) is 4.74. The van der Waals surface area contributed by atoms with Gasteiger partial charge in [-0.15, -0.1) is 0 Å². The molecule has 2 aromatic carbocycles. The largest absolute Gasteiger partial charge is 0.397 e. The summed E-state index contributed by atoms with van der Waals surface area (Å²) in [6, 6.07) is 14.9. The molecular weight excluding hydrogens is 262 g/mol. The Morgan fingerprint density at radius 1 is 1.00 bits per heavy atom. The molecule has 5 heteroatoms. The fourth-order valence-corrected chi connectivity index (χ4v) is 1.94. The summed E-state index contributed by atoms with van der Waals surface area (Å²) in [6.07, 6.45) is 0. The molecule has 94 valence electrons. The fourth-order valence-electron chi connectivity index (χ4n) is 1.76. The van der Waals surface area contributed by atoms with E-state index in [0.717, 1.165) is 5.56 Å². The van der Waals surface area contributed by atoms with Crippen molar-refractivity contribution in [1.29, 1.82) is 0 Å². The van der Waals surface area contributed by atoms with Gasteiger partial charge in [-0.1, -0.05) is 53.2 Å². The zero-order valence-electron chi connectivity index (χ0n) is 9.88. The number of nitrogen functional groups attached to an aromatic ring is 1. The predicted octanol–water partition coefficient (Wildman–Crippen LogP) is 3.64. The predicted molar refractivity (Wildman–Crippen MR) is 74.6 cm³/mol. The number of nitrogens with two attached hydrogens (primary N) is 1. The van der Waals surface area contributed by atoms with Crippen LogP contribution in [0.15, 0.2) is 53.1 Å². The van der Waals surface area contributed by atoms with Crippen molar-refractivity contribution in [3.05, 3.63) is 53.6 Å². The Balaban J connectivity index is 2.05.